The summed E-state index contributed by atoms with van der Waals surface area (Å²) in [6, 6.07) is 1.13. The third-order valence-corrected chi connectivity index (χ3v) is 2.12. The van der Waals surface area contributed by atoms with Crippen molar-refractivity contribution in [1.29, 1.82) is 0 Å². The molecule has 0 saturated carbocycles. The van der Waals surface area contributed by atoms with E-state index < -0.39 is 41.2 Å². The quantitative estimate of drug-likeness (QED) is 0.642. The van der Waals surface area contributed by atoms with Gasteiger partial charge in [0.25, 0.3) is 0 Å². The number of carboxylic acid groups (broad SMARTS) is 1. The minimum Gasteiger partial charge on any atom is -0.478 e. The van der Waals surface area contributed by atoms with E-state index >= 15 is 0 Å². The molecule has 10 heteroatoms. The Kier molecular flexibility index (Phi) is 5.33. The zero-order valence-corrected chi connectivity index (χ0v) is 10.7. The van der Waals surface area contributed by atoms with Crippen molar-refractivity contribution >= 4 is 17.7 Å². The number of hydrogen-bond donors (Lipinski definition) is 2. The summed E-state index contributed by atoms with van der Waals surface area (Å²) < 4.78 is 58.1. The zero-order chi connectivity index (χ0) is 16.9. The molecular weight excluding hydrogens is 314 g/mol. The third-order valence-electron chi connectivity index (χ3n) is 2.12. The van der Waals surface area contributed by atoms with E-state index in [0.717, 1.165) is 0 Å². The molecule has 6 nitrogen and oxygen atoms in total. The number of benzene rings is 1. The summed E-state index contributed by atoms with van der Waals surface area (Å²) >= 11 is 0. The number of carbonyl (C=O) groups is 2. The van der Waals surface area contributed by atoms with Crippen LogP contribution in [0, 0.1) is 5.82 Å². The SMILES string of the molecule is C=CCOC(=O)Nc1c(C(=O)O)ccc(OC(F)(F)F)c1F. The first-order valence-electron chi connectivity index (χ1n) is 5.52. The highest BCUT2D eigenvalue weighted by molar-refractivity contribution is 5.99. The van der Waals surface area contributed by atoms with Crippen molar-refractivity contribution in [2.24, 2.45) is 0 Å². The molecule has 0 aromatic heterocycles. The smallest absolute Gasteiger partial charge is 0.478 e. The van der Waals surface area contributed by atoms with E-state index in [0.29, 0.717) is 12.1 Å². The van der Waals surface area contributed by atoms with Gasteiger partial charge in [-0.05, 0) is 12.1 Å². The van der Waals surface area contributed by atoms with Crippen LogP contribution in [-0.4, -0.2) is 30.1 Å². The maximum Gasteiger partial charge on any atom is 0.573 e. The Morgan fingerprint density at radius 2 is 2.00 bits per heavy atom. The van der Waals surface area contributed by atoms with E-state index in [2.05, 4.69) is 16.1 Å². The third kappa shape index (κ3) is 4.65. The summed E-state index contributed by atoms with van der Waals surface area (Å²) in [6.45, 7) is 2.97. The Balaban J connectivity index is 3.19. The van der Waals surface area contributed by atoms with Gasteiger partial charge in [-0.15, -0.1) is 13.2 Å². The van der Waals surface area contributed by atoms with Crippen LogP contribution in [0.5, 0.6) is 5.75 Å². The summed E-state index contributed by atoms with van der Waals surface area (Å²) in [5, 5.41) is 10.6. The molecule has 0 fully saturated rings. The lowest BCUT2D eigenvalue weighted by atomic mass is 10.1. The van der Waals surface area contributed by atoms with E-state index in [9.17, 15) is 27.2 Å². The van der Waals surface area contributed by atoms with E-state index in [4.69, 9.17) is 5.11 Å². The number of amides is 1. The summed E-state index contributed by atoms with van der Waals surface area (Å²) in [5.41, 5.74) is -1.79. The molecule has 0 radical (unpaired) electrons. The summed E-state index contributed by atoms with van der Waals surface area (Å²) in [7, 11) is 0. The van der Waals surface area contributed by atoms with Crippen LogP contribution in [0.15, 0.2) is 24.8 Å². The predicted octanol–water partition coefficient (Wildman–Crippen LogP) is 3.16. The molecule has 1 aromatic rings. The Hall–Kier alpha value is -2.78. The number of rotatable bonds is 5. The number of hydrogen-bond acceptors (Lipinski definition) is 4. The summed E-state index contributed by atoms with van der Waals surface area (Å²) in [4.78, 5) is 22.2. The van der Waals surface area contributed by atoms with Gasteiger partial charge in [0.15, 0.2) is 11.6 Å². The molecule has 0 bridgehead atoms. The van der Waals surface area contributed by atoms with Crippen LogP contribution in [0.4, 0.5) is 28.0 Å². The Morgan fingerprint density at radius 1 is 1.36 bits per heavy atom. The van der Waals surface area contributed by atoms with Gasteiger partial charge in [0.05, 0.1) is 11.3 Å². The van der Waals surface area contributed by atoms with Gasteiger partial charge in [0.2, 0.25) is 0 Å². The molecule has 1 rings (SSSR count). The number of halogens is 4. The molecule has 0 unspecified atom stereocenters. The predicted molar refractivity (Wildman–Crippen MR) is 65.2 cm³/mol. The van der Waals surface area contributed by atoms with Crippen molar-refractivity contribution in [2.45, 2.75) is 6.36 Å². The average Bonchev–Trinajstić information content (AvgIpc) is 2.39. The monoisotopic (exact) mass is 323 g/mol. The molecule has 0 spiro atoms. The Labute approximate surface area is 120 Å². The molecule has 1 aromatic carbocycles. The van der Waals surface area contributed by atoms with Gasteiger partial charge in [-0.1, -0.05) is 12.7 Å². The fourth-order valence-electron chi connectivity index (χ4n) is 1.33. The molecule has 0 aliphatic carbocycles. The van der Waals surface area contributed by atoms with Gasteiger partial charge in [-0.3, -0.25) is 5.32 Å². The van der Waals surface area contributed by atoms with E-state index in [-0.39, 0.29) is 6.61 Å². The second-order valence-electron chi connectivity index (χ2n) is 3.67. The van der Waals surface area contributed by atoms with Crippen molar-refractivity contribution in [3.05, 3.63) is 36.2 Å². The van der Waals surface area contributed by atoms with Crippen LogP contribution in [0.3, 0.4) is 0 Å². The standard InChI is InChI=1S/C12H9F4NO5/c1-2-5-21-11(20)17-9-6(10(18)19)3-4-7(8(9)13)22-12(14,15)16/h2-4H,1,5H2,(H,17,20)(H,18,19). The second-order valence-corrected chi connectivity index (χ2v) is 3.67. The number of ether oxygens (including phenoxy) is 2. The van der Waals surface area contributed by atoms with Crippen molar-refractivity contribution in [2.75, 3.05) is 11.9 Å². The van der Waals surface area contributed by atoms with Crippen molar-refractivity contribution in [1.82, 2.24) is 0 Å². The van der Waals surface area contributed by atoms with Crippen LogP contribution in [0.25, 0.3) is 0 Å². The highest BCUT2D eigenvalue weighted by atomic mass is 19.4. The molecule has 0 aliphatic heterocycles. The van der Waals surface area contributed by atoms with E-state index in [1.807, 2.05) is 0 Å². The number of aromatic carboxylic acids is 1. The van der Waals surface area contributed by atoms with Gasteiger partial charge in [0, 0.05) is 0 Å². The number of nitrogens with one attached hydrogen (secondary N) is 1. The normalized spacial score (nSPS) is 10.7. The lowest BCUT2D eigenvalue weighted by molar-refractivity contribution is -0.275. The summed E-state index contributed by atoms with van der Waals surface area (Å²) in [5.74, 6) is -4.67. The molecule has 120 valence electrons. The first-order valence-corrected chi connectivity index (χ1v) is 5.52. The number of carbonyl (C=O) groups excluding carboxylic acids is 1. The van der Waals surface area contributed by atoms with Crippen LogP contribution in [-0.2, 0) is 4.74 Å². The Bertz CT molecular complexity index is 600. The topological polar surface area (TPSA) is 84.9 Å². The van der Waals surface area contributed by atoms with Crippen LogP contribution < -0.4 is 10.1 Å². The highest BCUT2D eigenvalue weighted by Gasteiger charge is 2.34. The molecule has 1 amide bonds. The van der Waals surface area contributed by atoms with Crippen molar-refractivity contribution < 1.29 is 41.7 Å². The Morgan fingerprint density at radius 3 is 2.50 bits per heavy atom. The fourth-order valence-corrected chi connectivity index (χ4v) is 1.33. The van der Waals surface area contributed by atoms with Gasteiger partial charge in [0.1, 0.15) is 6.61 Å². The lowest BCUT2D eigenvalue weighted by Crippen LogP contribution is -2.21. The van der Waals surface area contributed by atoms with Gasteiger partial charge >= 0.3 is 18.4 Å². The molecule has 2 N–H and O–H groups in total. The minimum absolute atomic E-state index is 0.269. The first-order chi connectivity index (χ1) is 10.2. The number of alkyl halides is 3. The number of carboxylic acids is 1. The zero-order valence-electron chi connectivity index (χ0n) is 10.7. The minimum atomic E-state index is -5.19. The molecule has 0 atom stereocenters. The van der Waals surface area contributed by atoms with Gasteiger partial charge < -0.3 is 14.6 Å². The van der Waals surface area contributed by atoms with Gasteiger partial charge in [-0.25, -0.2) is 14.0 Å². The van der Waals surface area contributed by atoms with E-state index in [1.54, 1.807) is 5.32 Å². The largest absolute Gasteiger partial charge is 0.573 e. The van der Waals surface area contributed by atoms with Crippen molar-refractivity contribution in [3.63, 3.8) is 0 Å². The molecule has 22 heavy (non-hydrogen) atoms. The molecule has 0 heterocycles. The van der Waals surface area contributed by atoms with Gasteiger partial charge in [-0.2, -0.15) is 0 Å². The molecule has 0 saturated heterocycles. The lowest BCUT2D eigenvalue weighted by Gasteiger charge is -2.14. The number of anilines is 1. The molecule has 0 aliphatic rings. The van der Waals surface area contributed by atoms with Crippen LogP contribution in [0.2, 0.25) is 0 Å². The first kappa shape index (κ1) is 17.3. The summed E-state index contributed by atoms with van der Waals surface area (Å²) in [6.07, 6.45) is -5.28. The maximum atomic E-state index is 13.9. The average molecular weight is 323 g/mol. The highest BCUT2D eigenvalue weighted by Crippen LogP contribution is 2.32. The van der Waals surface area contributed by atoms with Crippen LogP contribution in [0.1, 0.15) is 10.4 Å². The molecular formula is C12H9F4NO5. The van der Waals surface area contributed by atoms with Crippen LogP contribution >= 0.6 is 0 Å². The van der Waals surface area contributed by atoms with E-state index in [1.165, 1.54) is 6.08 Å². The second kappa shape index (κ2) is 6.78. The maximum absolute atomic E-state index is 13.9. The fraction of sp³-hybridized carbons (Fsp3) is 0.167. The van der Waals surface area contributed by atoms with Crippen molar-refractivity contribution in [3.8, 4) is 5.75 Å².